The molecule has 22 heavy (non-hydrogen) atoms. The van der Waals surface area contributed by atoms with Crippen molar-refractivity contribution in [3.8, 4) is 0 Å². The van der Waals surface area contributed by atoms with Crippen LogP contribution in [0.3, 0.4) is 0 Å². The molecule has 3 aliphatic carbocycles. The lowest BCUT2D eigenvalue weighted by Gasteiger charge is -2.49. The first-order chi connectivity index (χ1) is 10.6. The van der Waals surface area contributed by atoms with Crippen molar-refractivity contribution in [1.29, 1.82) is 0 Å². The molecule has 5 rings (SSSR count). The van der Waals surface area contributed by atoms with Crippen molar-refractivity contribution < 1.29 is 9.59 Å². The first-order valence-corrected chi connectivity index (χ1v) is 7.79. The maximum Gasteiger partial charge on any atom is 0.134 e. The summed E-state index contributed by atoms with van der Waals surface area (Å²) in [5.74, 6) is -0.175. The maximum atomic E-state index is 12.4. The summed E-state index contributed by atoms with van der Waals surface area (Å²) >= 11 is 0. The van der Waals surface area contributed by atoms with E-state index >= 15 is 0 Å². The van der Waals surface area contributed by atoms with E-state index < -0.39 is 0 Å². The minimum Gasteiger partial charge on any atom is -0.300 e. The van der Waals surface area contributed by atoms with Gasteiger partial charge in [-0.1, -0.05) is 48.5 Å². The summed E-state index contributed by atoms with van der Waals surface area (Å²) < 4.78 is 0. The fourth-order valence-electron chi connectivity index (χ4n) is 4.65. The molecule has 0 radical (unpaired) electrons. The zero-order chi connectivity index (χ0) is 15.4. The van der Waals surface area contributed by atoms with Crippen LogP contribution in [0.2, 0.25) is 0 Å². The molecule has 0 fully saturated rings. The highest BCUT2D eigenvalue weighted by Crippen LogP contribution is 2.58. The number of hydrogen-bond donors (Lipinski definition) is 0. The Balaban J connectivity index is 2.06. The molecule has 2 bridgehead atoms. The van der Waals surface area contributed by atoms with Crippen LogP contribution in [0.4, 0.5) is 0 Å². The van der Waals surface area contributed by atoms with Gasteiger partial charge in [0.25, 0.3) is 0 Å². The van der Waals surface area contributed by atoms with Crippen LogP contribution in [0, 0.1) is 11.8 Å². The highest BCUT2D eigenvalue weighted by Gasteiger charge is 2.52. The second-order valence-electron chi connectivity index (χ2n) is 6.49. The smallest absolute Gasteiger partial charge is 0.134 e. The molecule has 0 amide bonds. The Morgan fingerprint density at radius 3 is 1.14 bits per heavy atom. The second-order valence-corrected chi connectivity index (χ2v) is 6.49. The van der Waals surface area contributed by atoms with Gasteiger partial charge < -0.3 is 0 Å². The van der Waals surface area contributed by atoms with Gasteiger partial charge in [0.15, 0.2) is 0 Å². The normalized spacial score (nSPS) is 27.9. The highest BCUT2D eigenvalue weighted by atomic mass is 16.1. The number of ketones is 2. The molecule has 2 nitrogen and oxygen atoms in total. The van der Waals surface area contributed by atoms with Gasteiger partial charge in [0, 0.05) is 23.7 Å². The molecule has 0 heterocycles. The van der Waals surface area contributed by atoms with E-state index in [1.807, 2.05) is 24.3 Å². The van der Waals surface area contributed by atoms with Crippen molar-refractivity contribution in [3.05, 3.63) is 70.8 Å². The zero-order valence-electron chi connectivity index (χ0n) is 12.7. The Bertz CT molecular complexity index is 676. The molecular weight excluding hydrogens is 272 g/mol. The lowest BCUT2D eigenvalue weighted by atomic mass is 9.52. The van der Waals surface area contributed by atoms with E-state index in [2.05, 4.69) is 24.3 Å². The Labute approximate surface area is 130 Å². The molecule has 0 spiro atoms. The first kappa shape index (κ1) is 13.4. The van der Waals surface area contributed by atoms with Crippen LogP contribution in [0.15, 0.2) is 48.5 Å². The van der Waals surface area contributed by atoms with Crippen molar-refractivity contribution in [2.75, 3.05) is 0 Å². The molecule has 2 aromatic rings. The molecule has 110 valence electrons. The van der Waals surface area contributed by atoms with Crippen LogP contribution in [0.25, 0.3) is 0 Å². The predicted octanol–water partition coefficient (Wildman–Crippen LogP) is 3.69. The number of carbonyl (C=O) groups excluding carboxylic acids is 2. The number of hydrogen-bond acceptors (Lipinski definition) is 2. The van der Waals surface area contributed by atoms with Gasteiger partial charge in [0.1, 0.15) is 11.6 Å². The molecule has 2 heteroatoms. The lowest BCUT2D eigenvalue weighted by molar-refractivity contribution is -0.132. The molecule has 3 aliphatic rings. The molecule has 0 aromatic heterocycles. The van der Waals surface area contributed by atoms with Crippen molar-refractivity contribution in [2.45, 2.75) is 25.7 Å². The summed E-state index contributed by atoms with van der Waals surface area (Å²) in [5.41, 5.74) is 4.90. The highest BCUT2D eigenvalue weighted by molar-refractivity contribution is 5.92. The number of benzene rings is 2. The molecule has 0 aliphatic heterocycles. The summed E-state index contributed by atoms with van der Waals surface area (Å²) in [6, 6.07) is 16.6. The molecule has 0 unspecified atom stereocenters. The third kappa shape index (κ3) is 1.61. The molecule has 2 atom stereocenters. The molecule has 2 aromatic carbocycles. The van der Waals surface area contributed by atoms with Gasteiger partial charge in [0.2, 0.25) is 0 Å². The van der Waals surface area contributed by atoms with Crippen LogP contribution in [0.5, 0.6) is 0 Å². The molecule has 0 N–H and O–H groups in total. The minimum absolute atomic E-state index is 0.0174. The van der Waals surface area contributed by atoms with E-state index in [1.54, 1.807) is 13.8 Å². The van der Waals surface area contributed by atoms with E-state index in [9.17, 15) is 9.59 Å². The third-order valence-electron chi connectivity index (χ3n) is 5.38. The van der Waals surface area contributed by atoms with Crippen LogP contribution >= 0.6 is 0 Å². The van der Waals surface area contributed by atoms with Gasteiger partial charge >= 0.3 is 0 Å². The van der Waals surface area contributed by atoms with Gasteiger partial charge in [-0.25, -0.2) is 0 Å². The summed E-state index contributed by atoms with van der Waals surface area (Å²) in [7, 11) is 0. The maximum absolute atomic E-state index is 12.4. The number of carbonyl (C=O) groups is 2. The fourth-order valence-corrected chi connectivity index (χ4v) is 4.65. The summed E-state index contributed by atoms with van der Waals surface area (Å²) in [4.78, 5) is 24.7. The molecule has 0 saturated heterocycles. The Hall–Kier alpha value is -2.22. The SMILES string of the molecule is CC(=O)[C@@H]1C2c3ccccc3C(c3ccccc32)[C@H]1C(C)=O. The van der Waals surface area contributed by atoms with Crippen molar-refractivity contribution in [1.82, 2.24) is 0 Å². The summed E-state index contributed by atoms with van der Waals surface area (Å²) in [6.45, 7) is 3.26. The monoisotopic (exact) mass is 290 g/mol. The average molecular weight is 290 g/mol. The quantitative estimate of drug-likeness (QED) is 0.845. The van der Waals surface area contributed by atoms with Gasteiger partial charge in [-0.2, -0.15) is 0 Å². The topological polar surface area (TPSA) is 34.1 Å². The Kier molecular flexibility index (Phi) is 2.83. The first-order valence-electron chi connectivity index (χ1n) is 7.79. The third-order valence-corrected chi connectivity index (χ3v) is 5.38. The second kappa shape index (κ2) is 4.64. The lowest BCUT2D eigenvalue weighted by Crippen LogP contribution is -2.45. The van der Waals surface area contributed by atoms with E-state index in [1.165, 1.54) is 22.3 Å². The zero-order valence-corrected chi connectivity index (χ0v) is 12.7. The average Bonchev–Trinajstić information content (AvgIpc) is 2.53. The summed E-state index contributed by atoms with van der Waals surface area (Å²) in [5, 5.41) is 0. The standard InChI is InChI=1S/C20H18O2/c1-11(21)17-18(12(2)22)20-15-9-5-3-7-13(15)19(17)14-8-4-6-10-16(14)20/h3-10,17-20H,1-2H3/t17-,18-,19?,20?/m0/s1. The van der Waals surface area contributed by atoms with Gasteiger partial charge in [0.05, 0.1) is 0 Å². The predicted molar refractivity (Wildman–Crippen MR) is 84.9 cm³/mol. The van der Waals surface area contributed by atoms with Crippen LogP contribution in [-0.2, 0) is 9.59 Å². The van der Waals surface area contributed by atoms with E-state index in [-0.39, 0.29) is 35.2 Å². The van der Waals surface area contributed by atoms with Gasteiger partial charge in [-0.15, -0.1) is 0 Å². The van der Waals surface area contributed by atoms with Crippen molar-refractivity contribution in [2.24, 2.45) is 11.8 Å². The number of rotatable bonds is 2. The van der Waals surface area contributed by atoms with Crippen LogP contribution in [0.1, 0.15) is 47.9 Å². The number of Topliss-reactive ketones (excluding diaryl/α,β-unsaturated/α-hetero) is 2. The van der Waals surface area contributed by atoms with E-state index in [0.29, 0.717) is 0 Å². The largest absolute Gasteiger partial charge is 0.300 e. The van der Waals surface area contributed by atoms with Crippen LogP contribution in [-0.4, -0.2) is 11.6 Å². The summed E-state index contributed by atoms with van der Waals surface area (Å²) in [6.07, 6.45) is 0. The Morgan fingerprint density at radius 2 is 0.909 bits per heavy atom. The van der Waals surface area contributed by atoms with E-state index in [4.69, 9.17) is 0 Å². The minimum atomic E-state index is -0.229. The van der Waals surface area contributed by atoms with Crippen LogP contribution < -0.4 is 0 Å². The van der Waals surface area contributed by atoms with Gasteiger partial charge in [-0.05, 0) is 36.1 Å². The Morgan fingerprint density at radius 1 is 0.636 bits per heavy atom. The molecule has 0 saturated carbocycles. The van der Waals surface area contributed by atoms with Crippen molar-refractivity contribution in [3.63, 3.8) is 0 Å². The number of fused-ring (bicyclic) bond motifs is 1. The van der Waals surface area contributed by atoms with E-state index in [0.717, 1.165) is 0 Å². The fraction of sp³-hybridized carbons (Fsp3) is 0.300. The molecular formula is C20H18O2. The van der Waals surface area contributed by atoms with Crippen molar-refractivity contribution >= 4 is 11.6 Å². The van der Waals surface area contributed by atoms with Gasteiger partial charge in [-0.3, -0.25) is 9.59 Å².